The Hall–Kier alpha value is -0.200. The molecule has 0 spiro atoms. The number of rotatable bonds is 12. The third-order valence-electron chi connectivity index (χ3n) is 2.58. The lowest BCUT2D eigenvalue weighted by Crippen LogP contribution is -2.14. The van der Waals surface area contributed by atoms with Crippen molar-refractivity contribution >= 4 is 0 Å². The summed E-state index contributed by atoms with van der Waals surface area (Å²) in [5.41, 5.74) is 0. The lowest BCUT2D eigenvalue weighted by Gasteiger charge is -2.12. The van der Waals surface area contributed by atoms with Crippen LogP contribution in [0.4, 0.5) is 0 Å². The van der Waals surface area contributed by atoms with Crippen LogP contribution in [0.1, 0.15) is 38.5 Å². The van der Waals surface area contributed by atoms with Gasteiger partial charge in [-0.25, -0.2) is 0 Å². The van der Waals surface area contributed by atoms with E-state index in [1.807, 2.05) is 0 Å². The first-order valence-corrected chi connectivity index (χ1v) is 6.36. The molecule has 4 N–H and O–H groups in total. The SMILES string of the molecule is OCCCC(O)CCOCCC(O)CCCO. The van der Waals surface area contributed by atoms with Gasteiger partial charge in [0.1, 0.15) is 0 Å². The molecule has 0 saturated heterocycles. The van der Waals surface area contributed by atoms with E-state index in [0.717, 1.165) is 0 Å². The number of ether oxygens (including phenoxy) is 1. The van der Waals surface area contributed by atoms with Crippen molar-refractivity contribution in [3.05, 3.63) is 0 Å². The van der Waals surface area contributed by atoms with Crippen LogP contribution in [0.25, 0.3) is 0 Å². The second-order valence-electron chi connectivity index (χ2n) is 4.23. The zero-order valence-corrected chi connectivity index (χ0v) is 10.4. The van der Waals surface area contributed by atoms with Crippen molar-refractivity contribution in [1.29, 1.82) is 0 Å². The summed E-state index contributed by atoms with van der Waals surface area (Å²) in [6.07, 6.45) is 2.71. The van der Waals surface area contributed by atoms with E-state index in [1.165, 1.54) is 0 Å². The van der Waals surface area contributed by atoms with E-state index < -0.39 is 12.2 Å². The highest BCUT2D eigenvalue weighted by molar-refractivity contribution is 4.57. The quantitative estimate of drug-likeness (QED) is 0.367. The highest BCUT2D eigenvalue weighted by Crippen LogP contribution is 2.04. The molecule has 17 heavy (non-hydrogen) atoms. The predicted molar refractivity (Wildman–Crippen MR) is 64.7 cm³/mol. The molecular formula is C12H26O5. The Morgan fingerprint density at radius 3 is 1.47 bits per heavy atom. The van der Waals surface area contributed by atoms with Crippen LogP contribution in [-0.2, 0) is 4.74 Å². The van der Waals surface area contributed by atoms with E-state index in [9.17, 15) is 10.2 Å². The van der Waals surface area contributed by atoms with E-state index in [4.69, 9.17) is 14.9 Å². The second-order valence-corrected chi connectivity index (χ2v) is 4.23. The molecule has 0 radical (unpaired) electrons. The summed E-state index contributed by atoms with van der Waals surface area (Å²) >= 11 is 0. The van der Waals surface area contributed by atoms with Gasteiger partial charge < -0.3 is 25.2 Å². The molecule has 0 aliphatic heterocycles. The molecule has 0 aromatic heterocycles. The van der Waals surface area contributed by atoms with Gasteiger partial charge in [-0.2, -0.15) is 0 Å². The van der Waals surface area contributed by atoms with Crippen molar-refractivity contribution in [3.63, 3.8) is 0 Å². The summed E-state index contributed by atoms with van der Waals surface area (Å²) in [6.45, 7) is 1.16. The molecule has 5 heteroatoms. The molecule has 0 saturated carbocycles. The van der Waals surface area contributed by atoms with E-state index in [1.54, 1.807) is 0 Å². The molecule has 5 nitrogen and oxygen atoms in total. The molecule has 0 bridgehead atoms. The number of hydrogen-bond acceptors (Lipinski definition) is 5. The van der Waals surface area contributed by atoms with Gasteiger partial charge in [-0.05, 0) is 38.5 Å². The first-order valence-electron chi connectivity index (χ1n) is 6.36. The Bertz CT molecular complexity index is 138. The van der Waals surface area contributed by atoms with E-state index in [-0.39, 0.29) is 13.2 Å². The largest absolute Gasteiger partial charge is 0.396 e. The van der Waals surface area contributed by atoms with Gasteiger partial charge in [0.2, 0.25) is 0 Å². The fourth-order valence-electron chi connectivity index (χ4n) is 1.48. The summed E-state index contributed by atoms with van der Waals surface area (Å²) in [6, 6.07) is 0. The molecule has 0 rings (SSSR count). The minimum absolute atomic E-state index is 0.106. The van der Waals surface area contributed by atoms with Gasteiger partial charge in [0, 0.05) is 26.4 Å². The van der Waals surface area contributed by atoms with Crippen LogP contribution in [0, 0.1) is 0 Å². The van der Waals surface area contributed by atoms with Gasteiger partial charge in [-0.1, -0.05) is 0 Å². The number of hydrogen-bond donors (Lipinski definition) is 4. The molecule has 0 aliphatic rings. The van der Waals surface area contributed by atoms with Crippen molar-refractivity contribution < 1.29 is 25.2 Å². The Labute approximate surface area is 103 Å². The third-order valence-corrected chi connectivity index (χ3v) is 2.58. The lowest BCUT2D eigenvalue weighted by atomic mass is 10.1. The maximum Gasteiger partial charge on any atom is 0.0563 e. The fraction of sp³-hybridized carbons (Fsp3) is 1.00. The zero-order valence-electron chi connectivity index (χ0n) is 10.4. The maximum atomic E-state index is 9.44. The van der Waals surface area contributed by atoms with Crippen LogP contribution in [-0.4, -0.2) is 59.1 Å². The van der Waals surface area contributed by atoms with E-state index in [0.29, 0.717) is 51.7 Å². The normalized spacial score (nSPS) is 14.8. The monoisotopic (exact) mass is 250 g/mol. The summed E-state index contributed by atoms with van der Waals surface area (Å²) in [5.74, 6) is 0. The van der Waals surface area contributed by atoms with Crippen LogP contribution in [0.2, 0.25) is 0 Å². The average Bonchev–Trinajstić information content (AvgIpc) is 2.33. The van der Waals surface area contributed by atoms with Gasteiger partial charge in [-0.15, -0.1) is 0 Å². The second kappa shape index (κ2) is 12.3. The minimum Gasteiger partial charge on any atom is -0.396 e. The van der Waals surface area contributed by atoms with Gasteiger partial charge in [-0.3, -0.25) is 0 Å². The first-order chi connectivity index (χ1) is 8.20. The summed E-state index contributed by atoms with van der Waals surface area (Å²) in [4.78, 5) is 0. The molecule has 2 atom stereocenters. The first kappa shape index (κ1) is 16.8. The van der Waals surface area contributed by atoms with E-state index in [2.05, 4.69) is 0 Å². The third kappa shape index (κ3) is 12.1. The standard InChI is InChI=1S/C12H26O5/c13-7-1-3-11(15)5-9-17-10-6-12(16)4-2-8-14/h11-16H,1-10H2. The van der Waals surface area contributed by atoms with Gasteiger partial charge in [0.25, 0.3) is 0 Å². The molecule has 0 heterocycles. The van der Waals surface area contributed by atoms with Gasteiger partial charge in [0.15, 0.2) is 0 Å². The van der Waals surface area contributed by atoms with Crippen molar-refractivity contribution in [2.24, 2.45) is 0 Å². The molecule has 0 aromatic carbocycles. The molecule has 2 unspecified atom stereocenters. The Balaban J connectivity index is 3.22. The topological polar surface area (TPSA) is 90.2 Å². The Morgan fingerprint density at radius 1 is 0.706 bits per heavy atom. The van der Waals surface area contributed by atoms with Gasteiger partial charge >= 0.3 is 0 Å². The highest BCUT2D eigenvalue weighted by Gasteiger charge is 2.05. The van der Waals surface area contributed by atoms with Crippen LogP contribution in [0.3, 0.4) is 0 Å². The molecule has 104 valence electrons. The van der Waals surface area contributed by atoms with Crippen LogP contribution >= 0.6 is 0 Å². The smallest absolute Gasteiger partial charge is 0.0563 e. The lowest BCUT2D eigenvalue weighted by molar-refractivity contribution is 0.0499. The summed E-state index contributed by atoms with van der Waals surface area (Å²) in [7, 11) is 0. The molecule has 0 aliphatic carbocycles. The minimum atomic E-state index is -0.415. The van der Waals surface area contributed by atoms with Crippen molar-refractivity contribution in [2.45, 2.75) is 50.7 Å². The molecular weight excluding hydrogens is 224 g/mol. The maximum absolute atomic E-state index is 9.44. The highest BCUT2D eigenvalue weighted by atomic mass is 16.5. The van der Waals surface area contributed by atoms with Crippen molar-refractivity contribution in [2.75, 3.05) is 26.4 Å². The fourth-order valence-corrected chi connectivity index (χ4v) is 1.48. The van der Waals surface area contributed by atoms with Crippen LogP contribution in [0.15, 0.2) is 0 Å². The van der Waals surface area contributed by atoms with Crippen LogP contribution in [0.5, 0.6) is 0 Å². The molecule has 0 fully saturated rings. The van der Waals surface area contributed by atoms with E-state index >= 15 is 0 Å². The van der Waals surface area contributed by atoms with Crippen LogP contribution < -0.4 is 0 Å². The summed E-state index contributed by atoms with van der Waals surface area (Å²) < 4.78 is 5.29. The number of aliphatic hydroxyl groups is 4. The Morgan fingerprint density at radius 2 is 1.12 bits per heavy atom. The van der Waals surface area contributed by atoms with Crippen molar-refractivity contribution in [1.82, 2.24) is 0 Å². The molecule has 0 aromatic rings. The predicted octanol–water partition coefficient (Wildman–Crippen LogP) is 0.0500. The Kier molecular flexibility index (Phi) is 12.1. The van der Waals surface area contributed by atoms with Crippen molar-refractivity contribution in [3.8, 4) is 0 Å². The zero-order chi connectivity index (χ0) is 12.9. The molecule has 0 amide bonds. The summed E-state index contributed by atoms with van der Waals surface area (Å²) in [5, 5.41) is 36.0. The average molecular weight is 250 g/mol. The van der Waals surface area contributed by atoms with Gasteiger partial charge in [0.05, 0.1) is 12.2 Å². The number of aliphatic hydroxyl groups excluding tert-OH is 4.